The molecule has 2 nitrogen and oxygen atoms in total. The van der Waals surface area contributed by atoms with Crippen LogP contribution in [0.3, 0.4) is 0 Å². The standard InChI is InChI=1S/C13H17F2NO/c1-17-10-7-12(14)11(13(15)8-10)6-9-4-2-3-5-16-9/h7-9,16H,2-6H2,1H3. The third-order valence-electron chi connectivity index (χ3n) is 3.21. The first-order valence-electron chi connectivity index (χ1n) is 5.96. The molecule has 1 aliphatic rings. The van der Waals surface area contributed by atoms with Gasteiger partial charge in [-0.1, -0.05) is 6.42 Å². The van der Waals surface area contributed by atoms with E-state index in [1.54, 1.807) is 0 Å². The highest BCUT2D eigenvalue weighted by atomic mass is 19.1. The Morgan fingerprint density at radius 1 is 1.29 bits per heavy atom. The average Bonchev–Trinajstić information content (AvgIpc) is 2.35. The van der Waals surface area contributed by atoms with E-state index in [0.29, 0.717) is 6.42 Å². The second-order valence-electron chi connectivity index (χ2n) is 4.42. The summed E-state index contributed by atoms with van der Waals surface area (Å²) in [6, 6.07) is 2.66. The van der Waals surface area contributed by atoms with Crippen LogP contribution in [0, 0.1) is 11.6 Å². The van der Waals surface area contributed by atoms with Gasteiger partial charge in [0.1, 0.15) is 17.4 Å². The van der Waals surface area contributed by atoms with Crippen molar-refractivity contribution in [2.45, 2.75) is 31.7 Å². The van der Waals surface area contributed by atoms with E-state index in [9.17, 15) is 8.78 Å². The number of piperidine rings is 1. The fourth-order valence-corrected chi connectivity index (χ4v) is 2.24. The first-order valence-corrected chi connectivity index (χ1v) is 5.96. The lowest BCUT2D eigenvalue weighted by Crippen LogP contribution is -2.36. The molecule has 0 bridgehead atoms. The van der Waals surface area contributed by atoms with E-state index >= 15 is 0 Å². The predicted octanol–water partition coefficient (Wildman–Crippen LogP) is 2.66. The lowest BCUT2D eigenvalue weighted by Gasteiger charge is -2.23. The van der Waals surface area contributed by atoms with Crippen molar-refractivity contribution in [2.75, 3.05) is 13.7 Å². The SMILES string of the molecule is COc1cc(F)c(CC2CCCCN2)c(F)c1. The molecule has 1 aromatic carbocycles. The molecule has 1 saturated heterocycles. The normalized spacial score (nSPS) is 20.3. The zero-order valence-corrected chi connectivity index (χ0v) is 9.93. The predicted molar refractivity (Wildman–Crippen MR) is 62.3 cm³/mol. The van der Waals surface area contributed by atoms with Crippen LogP contribution < -0.4 is 10.1 Å². The van der Waals surface area contributed by atoms with Crippen molar-refractivity contribution in [1.29, 1.82) is 0 Å². The zero-order valence-electron chi connectivity index (χ0n) is 9.93. The van der Waals surface area contributed by atoms with Gasteiger partial charge in [0.2, 0.25) is 0 Å². The average molecular weight is 241 g/mol. The number of hydrogen-bond acceptors (Lipinski definition) is 2. The second kappa shape index (κ2) is 5.45. The van der Waals surface area contributed by atoms with Gasteiger partial charge in [0.25, 0.3) is 0 Å². The summed E-state index contributed by atoms with van der Waals surface area (Å²) < 4.78 is 32.2. The number of benzene rings is 1. The molecule has 4 heteroatoms. The molecular weight excluding hydrogens is 224 g/mol. The van der Waals surface area contributed by atoms with Gasteiger partial charge >= 0.3 is 0 Å². The van der Waals surface area contributed by atoms with Gasteiger partial charge in [0.05, 0.1) is 7.11 Å². The molecule has 0 saturated carbocycles. The molecule has 0 amide bonds. The Morgan fingerprint density at radius 3 is 2.53 bits per heavy atom. The molecule has 1 unspecified atom stereocenters. The molecular formula is C13H17F2NO. The summed E-state index contributed by atoms with van der Waals surface area (Å²) in [7, 11) is 1.40. The van der Waals surface area contributed by atoms with Crippen molar-refractivity contribution in [3.63, 3.8) is 0 Å². The quantitative estimate of drug-likeness (QED) is 0.878. The van der Waals surface area contributed by atoms with E-state index in [1.165, 1.54) is 19.2 Å². The van der Waals surface area contributed by atoms with E-state index in [0.717, 1.165) is 25.8 Å². The van der Waals surface area contributed by atoms with Gasteiger partial charge in [-0.15, -0.1) is 0 Å². The van der Waals surface area contributed by atoms with Crippen molar-refractivity contribution >= 4 is 0 Å². The van der Waals surface area contributed by atoms with Crippen molar-refractivity contribution in [3.8, 4) is 5.75 Å². The molecule has 1 aliphatic heterocycles. The van der Waals surface area contributed by atoms with Crippen LogP contribution in [-0.2, 0) is 6.42 Å². The van der Waals surface area contributed by atoms with Crippen molar-refractivity contribution < 1.29 is 13.5 Å². The van der Waals surface area contributed by atoms with Crippen molar-refractivity contribution in [3.05, 3.63) is 29.3 Å². The van der Waals surface area contributed by atoms with Crippen LogP contribution in [-0.4, -0.2) is 19.7 Å². The highest BCUT2D eigenvalue weighted by Crippen LogP contribution is 2.23. The summed E-state index contributed by atoms with van der Waals surface area (Å²) in [4.78, 5) is 0. The van der Waals surface area contributed by atoms with Gasteiger partial charge in [0.15, 0.2) is 0 Å². The van der Waals surface area contributed by atoms with E-state index in [-0.39, 0.29) is 17.4 Å². The summed E-state index contributed by atoms with van der Waals surface area (Å²) in [5, 5.41) is 3.29. The van der Waals surface area contributed by atoms with E-state index in [2.05, 4.69) is 5.32 Å². The summed E-state index contributed by atoms with van der Waals surface area (Å²) in [5.74, 6) is -0.816. The molecule has 1 fully saturated rings. The first kappa shape index (κ1) is 12.3. The molecule has 1 N–H and O–H groups in total. The van der Waals surface area contributed by atoms with Crippen molar-refractivity contribution in [2.24, 2.45) is 0 Å². The maximum absolute atomic E-state index is 13.7. The van der Waals surface area contributed by atoms with Gasteiger partial charge in [-0.3, -0.25) is 0 Å². The number of hydrogen-bond donors (Lipinski definition) is 1. The fourth-order valence-electron chi connectivity index (χ4n) is 2.24. The first-order chi connectivity index (χ1) is 8.20. The Morgan fingerprint density at radius 2 is 2.00 bits per heavy atom. The molecule has 2 rings (SSSR count). The van der Waals surface area contributed by atoms with Crippen LogP contribution in [0.25, 0.3) is 0 Å². The number of nitrogens with one attached hydrogen (secondary N) is 1. The molecule has 17 heavy (non-hydrogen) atoms. The minimum atomic E-state index is -0.519. The number of rotatable bonds is 3. The van der Waals surface area contributed by atoms with Crippen molar-refractivity contribution in [1.82, 2.24) is 5.32 Å². The number of ether oxygens (including phenoxy) is 1. The summed E-state index contributed by atoms with van der Waals surface area (Å²) >= 11 is 0. The van der Waals surface area contributed by atoms with Gasteiger partial charge in [0, 0.05) is 23.7 Å². The van der Waals surface area contributed by atoms with E-state index < -0.39 is 11.6 Å². The lowest BCUT2D eigenvalue weighted by atomic mass is 9.97. The Hall–Kier alpha value is -1.16. The highest BCUT2D eigenvalue weighted by Gasteiger charge is 2.18. The molecule has 94 valence electrons. The summed E-state index contributed by atoms with van der Waals surface area (Å²) in [6.07, 6.45) is 3.65. The summed E-state index contributed by atoms with van der Waals surface area (Å²) in [5.41, 5.74) is 0.158. The number of methoxy groups -OCH3 is 1. The molecule has 1 atom stereocenters. The van der Waals surface area contributed by atoms with Crippen LogP contribution in [0.5, 0.6) is 5.75 Å². The van der Waals surface area contributed by atoms with Crippen LogP contribution in [0.15, 0.2) is 12.1 Å². The zero-order chi connectivity index (χ0) is 12.3. The Balaban J connectivity index is 2.14. The fraction of sp³-hybridized carbons (Fsp3) is 0.538. The third-order valence-corrected chi connectivity index (χ3v) is 3.21. The minimum Gasteiger partial charge on any atom is -0.497 e. The maximum Gasteiger partial charge on any atom is 0.133 e. The highest BCUT2D eigenvalue weighted by molar-refractivity contribution is 5.31. The lowest BCUT2D eigenvalue weighted by molar-refractivity contribution is 0.383. The van der Waals surface area contributed by atoms with Crippen LogP contribution in [0.1, 0.15) is 24.8 Å². The molecule has 0 aliphatic carbocycles. The molecule has 1 aromatic rings. The van der Waals surface area contributed by atoms with Gasteiger partial charge in [-0.05, 0) is 25.8 Å². The van der Waals surface area contributed by atoms with Gasteiger partial charge in [-0.2, -0.15) is 0 Å². The largest absolute Gasteiger partial charge is 0.497 e. The smallest absolute Gasteiger partial charge is 0.133 e. The number of halogens is 2. The molecule has 0 radical (unpaired) electrons. The van der Waals surface area contributed by atoms with Crippen LogP contribution >= 0.6 is 0 Å². The van der Waals surface area contributed by atoms with E-state index in [1.807, 2.05) is 0 Å². The van der Waals surface area contributed by atoms with Crippen LogP contribution in [0.4, 0.5) is 8.78 Å². The Bertz CT molecular complexity index is 366. The molecule has 1 heterocycles. The third kappa shape index (κ3) is 2.94. The summed E-state index contributed by atoms with van der Waals surface area (Å²) in [6.45, 7) is 0.935. The Labute approximate surface area is 100.0 Å². The van der Waals surface area contributed by atoms with Crippen LogP contribution in [0.2, 0.25) is 0 Å². The van der Waals surface area contributed by atoms with E-state index in [4.69, 9.17) is 4.74 Å². The second-order valence-corrected chi connectivity index (χ2v) is 4.42. The minimum absolute atomic E-state index is 0.158. The molecule has 0 spiro atoms. The Kier molecular flexibility index (Phi) is 3.94. The van der Waals surface area contributed by atoms with Gasteiger partial charge in [-0.25, -0.2) is 8.78 Å². The monoisotopic (exact) mass is 241 g/mol. The maximum atomic E-state index is 13.7. The topological polar surface area (TPSA) is 21.3 Å². The van der Waals surface area contributed by atoms with Gasteiger partial charge < -0.3 is 10.1 Å². The molecule has 0 aromatic heterocycles.